The molecular formula is C17H21N3O5S. The summed E-state index contributed by atoms with van der Waals surface area (Å²) in [6.07, 6.45) is 0.753. The maximum Gasteiger partial charge on any atom is 0.252 e. The molecule has 8 nitrogen and oxygen atoms in total. The highest BCUT2D eigenvalue weighted by molar-refractivity contribution is 7.89. The molecule has 1 aromatic heterocycles. The molecule has 0 saturated carbocycles. The van der Waals surface area contributed by atoms with E-state index in [1.165, 1.54) is 28.6 Å². The summed E-state index contributed by atoms with van der Waals surface area (Å²) in [6, 6.07) is 5.59. The van der Waals surface area contributed by atoms with E-state index in [0.29, 0.717) is 30.7 Å². The number of rotatable bonds is 5. The fourth-order valence-corrected chi connectivity index (χ4v) is 4.29. The molecule has 3 rings (SSSR count). The Morgan fingerprint density at radius 3 is 2.69 bits per heavy atom. The van der Waals surface area contributed by atoms with Gasteiger partial charge in [0.1, 0.15) is 0 Å². The summed E-state index contributed by atoms with van der Waals surface area (Å²) in [6.45, 7) is 3.67. The third kappa shape index (κ3) is 3.64. The maximum absolute atomic E-state index is 12.8. The van der Waals surface area contributed by atoms with Crippen LogP contribution in [0.15, 0.2) is 34.0 Å². The van der Waals surface area contributed by atoms with E-state index < -0.39 is 21.5 Å². The third-order valence-corrected chi connectivity index (χ3v) is 6.10. The van der Waals surface area contributed by atoms with Crippen LogP contribution in [0.4, 0.5) is 0 Å². The van der Waals surface area contributed by atoms with Crippen LogP contribution in [0.3, 0.4) is 0 Å². The van der Waals surface area contributed by atoms with Gasteiger partial charge in [-0.2, -0.15) is 4.31 Å². The first-order valence-corrected chi connectivity index (χ1v) is 9.90. The molecule has 0 bridgehead atoms. The van der Waals surface area contributed by atoms with Crippen LogP contribution in [0.1, 0.15) is 23.7 Å². The van der Waals surface area contributed by atoms with Gasteiger partial charge in [-0.3, -0.25) is 9.59 Å². The first kappa shape index (κ1) is 18.6. The van der Waals surface area contributed by atoms with Crippen molar-refractivity contribution in [2.45, 2.75) is 18.2 Å². The highest BCUT2D eigenvalue weighted by Crippen LogP contribution is 2.23. The predicted octanol–water partition coefficient (Wildman–Crippen LogP) is 0.689. The van der Waals surface area contributed by atoms with Crippen LogP contribution in [0.2, 0.25) is 0 Å². The second-order valence-corrected chi connectivity index (χ2v) is 7.96. The van der Waals surface area contributed by atoms with Crippen LogP contribution >= 0.6 is 0 Å². The summed E-state index contributed by atoms with van der Waals surface area (Å²) >= 11 is 0. The van der Waals surface area contributed by atoms with E-state index in [2.05, 4.69) is 10.3 Å². The Hall–Kier alpha value is -2.23. The number of pyridine rings is 1. The summed E-state index contributed by atoms with van der Waals surface area (Å²) in [7, 11) is -3.69. The van der Waals surface area contributed by atoms with Crippen LogP contribution in [0, 0.1) is 0 Å². The second kappa shape index (κ2) is 7.56. The van der Waals surface area contributed by atoms with Crippen molar-refractivity contribution in [2.24, 2.45) is 0 Å². The lowest BCUT2D eigenvalue weighted by Gasteiger charge is -2.26. The van der Waals surface area contributed by atoms with Crippen LogP contribution in [-0.4, -0.2) is 56.5 Å². The highest BCUT2D eigenvalue weighted by atomic mass is 32.2. The minimum atomic E-state index is -3.69. The van der Waals surface area contributed by atoms with E-state index in [1.54, 1.807) is 0 Å². The lowest BCUT2D eigenvalue weighted by atomic mass is 10.1. The number of ether oxygens (including phenoxy) is 1. The van der Waals surface area contributed by atoms with Crippen molar-refractivity contribution in [3.63, 3.8) is 0 Å². The van der Waals surface area contributed by atoms with Gasteiger partial charge in [-0.25, -0.2) is 8.42 Å². The number of morpholine rings is 1. The van der Waals surface area contributed by atoms with Crippen molar-refractivity contribution >= 4 is 26.8 Å². The van der Waals surface area contributed by atoms with Gasteiger partial charge >= 0.3 is 0 Å². The number of aromatic amines is 1. The van der Waals surface area contributed by atoms with Crippen LogP contribution in [0.25, 0.3) is 10.9 Å². The number of aromatic nitrogens is 1. The quantitative estimate of drug-likeness (QED) is 0.794. The summed E-state index contributed by atoms with van der Waals surface area (Å²) in [5.74, 6) is -0.399. The van der Waals surface area contributed by atoms with Gasteiger partial charge in [0.25, 0.3) is 5.91 Å². The molecule has 1 amide bonds. The topological polar surface area (TPSA) is 109 Å². The fraction of sp³-hybridized carbons (Fsp3) is 0.412. The van der Waals surface area contributed by atoms with Gasteiger partial charge in [-0.05, 0) is 24.6 Å². The molecule has 1 aliphatic heterocycles. The van der Waals surface area contributed by atoms with E-state index in [9.17, 15) is 18.0 Å². The smallest absolute Gasteiger partial charge is 0.252 e. The van der Waals surface area contributed by atoms with Crippen LogP contribution < -0.4 is 10.9 Å². The standard InChI is InChI=1S/C17H21N3O5S/c1-2-5-18-17(22)14-11-16(21)19-15-4-3-12(10-13(14)15)26(23,24)20-6-8-25-9-7-20/h3-4,10-11H,2,5-9H2,1H3,(H,18,22)(H,19,21). The average molecular weight is 379 g/mol. The number of hydrogen-bond donors (Lipinski definition) is 2. The number of H-pyrrole nitrogens is 1. The molecule has 0 aliphatic carbocycles. The lowest BCUT2D eigenvalue weighted by molar-refractivity contribution is 0.0730. The molecular weight excluding hydrogens is 358 g/mol. The molecule has 1 fully saturated rings. The first-order valence-electron chi connectivity index (χ1n) is 8.46. The molecule has 26 heavy (non-hydrogen) atoms. The van der Waals surface area contributed by atoms with Crippen molar-refractivity contribution in [1.29, 1.82) is 0 Å². The lowest BCUT2D eigenvalue weighted by Crippen LogP contribution is -2.40. The molecule has 2 aromatic rings. The Morgan fingerprint density at radius 1 is 1.27 bits per heavy atom. The van der Waals surface area contributed by atoms with E-state index in [1.807, 2.05) is 6.92 Å². The number of carbonyl (C=O) groups excluding carboxylic acids is 1. The van der Waals surface area contributed by atoms with E-state index in [0.717, 1.165) is 6.42 Å². The average Bonchev–Trinajstić information content (AvgIpc) is 2.65. The molecule has 0 unspecified atom stereocenters. The molecule has 2 heterocycles. The molecule has 140 valence electrons. The van der Waals surface area contributed by atoms with Crippen molar-refractivity contribution in [3.8, 4) is 0 Å². The first-order chi connectivity index (χ1) is 12.4. The summed E-state index contributed by atoms with van der Waals surface area (Å²) < 4.78 is 32.3. The van der Waals surface area contributed by atoms with Crippen LogP contribution in [0.5, 0.6) is 0 Å². The molecule has 1 saturated heterocycles. The number of hydrogen-bond acceptors (Lipinski definition) is 5. The number of carbonyl (C=O) groups is 1. The van der Waals surface area contributed by atoms with Crippen LogP contribution in [-0.2, 0) is 14.8 Å². The number of sulfonamides is 1. The van der Waals surface area contributed by atoms with E-state index in [4.69, 9.17) is 4.74 Å². The normalized spacial score (nSPS) is 15.9. The number of nitrogens with zero attached hydrogens (tertiary/aromatic N) is 1. The number of fused-ring (bicyclic) bond motifs is 1. The van der Waals surface area contributed by atoms with Gasteiger partial charge < -0.3 is 15.0 Å². The zero-order chi connectivity index (χ0) is 18.7. The predicted molar refractivity (Wildman–Crippen MR) is 96.8 cm³/mol. The Morgan fingerprint density at radius 2 is 2.00 bits per heavy atom. The molecule has 0 spiro atoms. The van der Waals surface area contributed by atoms with Gasteiger partial charge in [0.05, 0.1) is 23.7 Å². The van der Waals surface area contributed by atoms with Gasteiger partial charge in [0.2, 0.25) is 15.6 Å². The van der Waals surface area contributed by atoms with Gasteiger partial charge in [-0.15, -0.1) is 0 Å². The summed E-state index contributed by atoms with van der Waals surface area (Å²) in [5.41, 5.74) is 0.166. The number of amides is 1. The Labute approximate surface area is 151 Å². The highest BCUT2D eigenvalue weighted by Gasteiger charge is 2.27. The van der Waals surface area contributed by atoms with Crippen molar-refractivity contribution in [2.75, 3.05) is 32.8 Å². The largest absolute Gasteiger partial charge is 0.379 e. The van der Waals surface area contributed by atoms with Crippen molar-refractivity contribution < 1.29 is 17.9 Å². The Balaban J connectivity index is 2.08. The fourth-order valence-electron chi connectivity index (χ4n) is 2.85. The van der Waals surface area contributed by atoms with Crippen molar-refractivity contribution in [1.82, 2.24) is 14.6 Å². The minimum Gasteiger partial charge on any atom is -0.379 e. The summed E-state index contributed by atoms with van der Waals surface area (Å²) in [5, 5.41) is 3.12. The molecule has 1 aliphatic rings. The van der Waals surface area contributed by atoms with E-state index in [-0.39, 0.29) is 23.5 Å². The number of nitrogens with one attached hydrogen (secondary N) is 2. The second-order valence-electron chi connectivity index (χ2n) is 6.03. The van der Waals surface area contributed by atoms with Gasteiger partial charge in [0, 0.05) is 36.6 Å². The minimum absolute atomic E-state index is 0.0866. The zero-order valence-corrected chi connectivity index (χ0v) is 15.3. The van der Waals surface area contributed by atoms with E-state index >= 15 is 0 Å². The molecule has 2 N–H and O–H groups in total. The molecule has 0 radical (unpaired) electrons. The third-order valence-electron chi connectivity index (χ3n) is 4.20. The van der Waals surface area contributed by atoms with Gasteiger partial charge in [0.15, 0.2) is 0 Å². The van der Waals surface area contributed by atoms with Crippen molar-refractivity contribution in [3.05, 3.63) is 40.2 Å². The van der Waals surface area contributed by atoms with Gasteiger partial charge in [-0.1, -0.05) is 6.92 Å². The number of benzene rings is 1. The summed E-state index contributed by atoms with van der Waals surface area (Å²) in [4.78, 5) is 26.9. The molecule has 9 heteroatoms. The monoisotopic (exact) mass is 379 g/mol. The maximum atomic E-state index is 12.8. The Bertz CT molecular complexity index is 978. The molecule has 1 aromatic carbocycles. The molecule has 0 atom stereocenters. The zero-order valence-electron chi connectivity index (χ0n) is 14.4. The SMILES string of the molecule is CCCNC(=O)c1cc(=O)[nH]c2ccc(S(=O)(=O)N3CCOCC3)cc12. The Kier molecular flexibility index (Phi) is 5.40.